The zero-order valence-electron chi connectivity index (χ0n) is 17.1. The molecule has 8 heteroatoms. The molecule has 1 aliphatic heterocycles. The molecule has 2 aromatic heterocycles. The fourth-order valence-electron chi connectivity index (χ4n) is 4.70. The van der Waals surface area contributed by atoms with Gasteiger partial charge in [-0.05, 0) is 25.7 Å². The van der Waals surface area contributed by atoms with E-state index in [1.807, 2.05) is 4.68 Å². The van der Waals surface area contributed by atoms with Crippen molar-refractivity contribution in [2.24, 2.45) is 0 Å². The molecule has 2 aromatic rings. The van der Waals surface area contributed by atoms with Gasteiger partial charge in [0, 0.05) is 55.8 Å². The maximum Gasteiger partial charge on any atom is 0.356 e. The average Bonchev–Trinajstić information content (AvgIpc) is 3.17. The van der Waals surface area contributed by atoms with Gasteiger partial charge in [-0.15, -0.1) is 10.2 Å². The fraction of sp³-hybridized carbons (Fsp3) is 0.700. The van der Waals surface area contributed by atoms with E-state index in [4.69, 9.17) is 0 Å². The third kappa shape index (κ3) is 3.34. The molecule has 3 heterocycles. The molecule has 1 atom stereocenters. The Morgan fingerprint density at radius 3 is 2.75 bits per heavy atom. The van der Waals surface area contributed by atoms with Crippen molar-refractivity contribution in [3.63, 3.8) is 0 Å². The molecule has 1 N–H and O–H groups in total. The Bertz CT molecular complexity index is 868. The Hall–Kier alpha value is -2.22. The largest absolute Gasteiger partial charge is 0.476 e. The number of aromatic nitrogens is 5. The highest BCUT2D eigenvalue weighted by molar-refractivity contribution is 5.87. The summed E-state index contributed by atoms with van der Waals surface area (Å²) in [6, 6.07) is 0.366. The minimum atomic E-state index is -0.907. The van der Waals surface area contributed by atoms with Crippen molar-refractivity contribution in [1.29, 1.82) is 0 Å². The number of rotatable bonds is 5. The second-order valence-electron chi connectivity index (χ2n) is 8.27. The zero-order valence-corrected chi connectivity index (χ0v) is 17.1. The first-order valence-electron chi connectivity index (χ1n) is 10.5. The number of hydrogen-bond acceptors (Lipinski definition) is 5. The summed E-state index contributed by atoms with van der Waals surface area (Å²) in [5, 5.41) is 22.8. The number of hydrogen-bond donors (Lipinski definition) is 1. The van der Waals surface area contributed by atoms with Gasteiger partial charge in [-0.3, -0.25) is 9.58 Å². The van der Waals surface area contributed by atoms with Crippen LogP contribution in [0.4, 0.5) is 0 Å². The second kappa shape index (κ2) is 7.66. The van der Waals surface area contributed by atoms with E-state index in [1.165, 1.54) is 0 Å². The fourth-order valence-corrected chi connectivity index (χ4v) is 4.70. The predicted octanol–water partition coefficient (Wildman–Crippen LogP) is 2.12. The van der Waals surface area contributed by atoms with E-state index >= 15 is 0 Å². The average molecular weight is 387 g/mol. The van der Waals surface area contributed by atoms with Crippen LogP contribution in [0.1, 0.15) is 72.9 Å². The molecule has 0 spiro atoms. The molecule has 0 amide bonds. The topological polar surface area (TPSA) is 89.1 Å². The monoisotopic (exact) mass is 386 g/mol. The first kappa shape index (κ1) is 19.1. The molecule has 0 saturated heterocycles. The van der Waals surface area contributed by atoms with E-state index in [0.717, 1.165) is 81.2 Å². The maximum atomic E-state index is 11.7. The smallest absolute Gasteiger partial charge is 0.356 e. The molecule has 2 aliphatic rings. The molecule has 1 unspecified atom stereocenters. The van der Waals surface area contributed by atoms with Crippen LogP contribution in [0.5, 0.6) is 0 Å². The second-order valence-corrected chi connectivity index (χ2v) is 8.27. The molecule has 152 valence electrons. The van der Waals surface area contributed by atoms with Gasteiger partial charge in [0.15, 0.2) is 5.69 Å². The third-order valence-electron chi connectivity index (χ3n) is 6.08. The van der Waals surface area contributed by atoms with Gasteiger partial charge in [0.05, 0.1) is 0 Å². The molecule has 8 nitrogen and oxygen atoms in total. The molecule has 0 saturated carbocycles. The first-order valence-corrected chi connectivity index (χ1v) is 10.5. The Kier molecular flexibility index (Phi) is 5.23. The van der Waals surface area contributed by atoms with Gasteiger partial charge in [-0.25, -0.2) is 4.79 Å². The van der Waals surface area contributed by atoms with Crippen LogP contribution in [-0.4, -0.2) is 59.7 Å². The number of carbonyl (C=O) groups is 1. The molecule has 0 fully saturated rings. The van der Waals surface area contributed by atoms with E-state index in [-0.39, 0.29) is 5.69 Å². The third-order valence-corrected chi connectivity index (χ3v) is 6.08. The van der Waals surface area contributed by atoms with Crippen molar-refractivity contribution in [1.82, 2.24) is 29.4 Å². The predicted molar refractivity (Wildman–Crippen MR) is 105 cm³/mol. The lowest BCUT2D eigenvalue weighted by Crippen LogP contribution is -2.41. The number of carboxylic acids is 1. The summed E-state index contributed by atoms with van der Waals surface area (Å²) < 4.78 is 4.20. The Morgan fingerprint density at radius 2 is 2.04 bits per heavy atom. The summed E-state index contributed by atoms with van der Waals surface area (Å²) in [6.45, 7) is 10.0. The van der Waals surface area contributed by atoms with Crippen molar-refractivity contribution >= 4 is 5.97 Å². The van der Waals surface area contributed by atoms with Gasteiger partial charge in [0.25, 0.3) is 0 Å². The molecule has 0 bridgehead atoms. The van der Waals surface area contributed by atoms with Gasteiger partial charge in [-0.2, -0.15) is 5.10 Å². The highest BCUT2D eigenvalue weighted by Crippen LogP contribution is 2.29. The summed E-state index contributed by atoms with van der Waals surface area (Å²) in [5.74, 6) is 1.60. The van der Waals surface area contributed by atoms with E-state index in [1.54, 1.807) is 0 Å². The van der Waals surface area contributed by atoms with Crippen LogP contribution in [0.15, 0.2) is 0 Å². The number of carboxylic acid groups (broad SMARTS) is 1. The Labute approximate surface area is 165 Å². The van der Waals surface area contributed by atoms with Crippen LogP contribution < -0.4 is 0 Å². The SMILES string of the molecule is CCCn1nc(C(=O)O)c2c1CCC(N1CCc3nnc(C(C)C)n3CC1)C2. The van der Waals surface area contributed by atoms with Crippen LogP contribution in [0.3, 0.4) is 0 Å². The number of aryl methyl sites for hydroxylation is 1. The summed E-state index contributed by atoms with van der Waals surface area (Å²) in [5.41, 5.74) is 2.33. The van der Waals surface area contributed by atoms with Crippen LogP contribution in [-0.2, 0) is 32.4 Å². The molecular formula is C20H30N6O2. The number of aromatic carboxylic acids is 1. The van der Waals surface area contributed by atoms with Crippen LogP contribution >= 0.6 is 0 Å². The van der Waals surface area contributed by atoms with Crippen molar-refractivity contribution in [2.45, 2.75) is 77.9 Å². The van der Waals surface area contributed by atoms with E-state index in [9.17, 15) is 9.90 Å². The van der Waals surface area contributed by atoms with Gasteiger partial charge < -0.3 is 9.67 Å². The van der Waals surface area contributed by atoms with Crippen molar-refractivity contribution in [3.8, 4) is 0 Å². The van der Waals surface area contributed by atoms with Crippen molar-refractivity contribution in [2.75, 3.05) is 13.1 Å². The highest BCUT2D eigenvalue weighted by atomic mass is 16.4. The first-order chi connectivity index (χ1) is 13.5. The lowest BCUT2D eigenvalue weighted by molar-refractivity contribution is 0.0687. The van der Waals surface area contributed by atoms with Crippen LogP contribution in [0.2, 0.25) is 0 Å². The van der Waals surface area contributed by atoms with Gasteiger partial charge in [-0.1, -0.05) is 20.8 Å². The Morgan fingerprint density at radius 1 is 1.21 bits per heavy atom. The van der Waals surface area contributed by atoms with Gasteiger partial charge in [0.2, 0.25) is 0 Å². The molecule has 0 radical (unpaired) electrons. The summed E-state index contributed by atoms with van der Waals surface area (Å²) in [4.78, 5) is 14.3. The molecule has 0 aromatic carbocycles. The molecule has 1 aliphatic carbocycles. The van der Waals surface area contributed by atoms with E-state index < -0.39 is 5.97 Å². The summed E-state index contributed by atoms with van der Waals surface area (Å²) in [7, 11) is 0. The summed E-state index contributed by atoms with van der Waals surface area (Å²) in [6.07, 6.45) is 4.59. The van der Waals surface area contributed by atoms with E-state index in [2.05, 4.69) is 45.5 Å². The lowest BCUT2D eigenvalue weighted by Gasteiger charge is -2.33. The van der Waals surface area contributed by atoms with Crippen molar-refractivity contribution in [3.05, 3.63) is 28.6 Å². The molecule has 28 heavy (non-hydrogen) atoms. The molecular weight excluding hydrogens is 356 g/mol. The normalized spacial score (nSPS) is 20.1. The zero-order chi connectivity index (χ0) is 19.8. The van der Waals surface area contributed by atoms with Gasteiger partial charge in [0.1, 0.15) is 11.6 Å². The standard InChI is InChI=1S/C20H30N6O2/c1-4-8-26-16-6-5-14(12-15(16)18(23-26)20(27)28)24-9-7-17-21-22-19(13(2)3)25(17)11-10-24/h13-14H,4-12H2,1-3H3,(H,27,28). The number of fused-ring (bicyclic) bond motifs is 2. The van der Waals surface area contributed by atoms with Crippen LogP contribution in [0.25, 0.3) is 0 Å². The quantitative estimate of drug-likeness (QED) is 0.847. The van der Waals surface area contributed by atoms with Crippen LogP contribution in [0, 0.1) is 0 Å². The Balaban J connectivity index is 1.53. The highest BCUT2D eigenvalue weighted by Gasteiger charge is 2.32. The number of nitrogens with zero attached hydrogens (tertiary/aromatic N) is 6. The lowest BCUT2D eigenvalue weighted by atomic mass is 9.90. The minimum Gasteiger partial charge on any atom is -0.476 e. The van der Waals surface area contributed by atoms with E-state index in [0.29, 0.717) is 12.0 Å². The maximum absolute atomic E-state index is 11.7. The minimum absolute atomic E-state index is 0.252. The summed E-state index contributed by atoms with van der Waals surface area (Å²) >= 11 is 0. The molecule has 4 rings (SSSR count). The van der Waals surface area contributed by atoms with Crippen molar-refractivity contribution < 1.29 is 9.90 Å². The van der Waals surface area contributed by atoms with Gasteiger partial charge >= 0.3 is 5.97 Å².